The summed E-state index contributed by atoms with van der Waals surface area (Å²) in [5.74, 6) is 0. The van der Waals surface area contributed by atoms with E-state index < -0.39 is 5.60 Å². The van der Waals surface area contributed by atoms with Gasteiger partial charge in [0, 0.05) is 18.5 Å². The third kappa shape index (κ3) is 1.83. The van der Waals surface area contributed by atoms with Crippen LogP contribution in [0.3, 0.4) is 0 Å². The molecule has 0 aromatic carbocycles. The highest BCUT2D eigenvalue weighted by Crippen LogP contribution is 2.58. The van der Waals surface area contributed by atoms with Crippen molar-refractivity contribution in [2.24, 2.45) is 5.41 Å². The van der Waals surface area contributed by atoms with Gasteiger partial charge >= 0.3 is 6.09 Å². The van der Waals surface area contributed by atoms with Gasteiger partial charge in [0.1, 0.15) is 5.60 Å². The fourth-order valence-electron chi connectivity index (χ4n) is 2.42. The van der Waals surface area contributed by atoms with Gasteiger partial charge in [-0.2, -0.15) is 0 Å². The third-order valence-corrected chi connectivity index (χ3v) is 3.40. The average Bonchev–Trinajstić information content (AvgIpc) is 2.39. The first-order chi connectivity index (χ1) is 6.77. The van der Waals surface area contributed by atoms with E-state index in [9.17, 15) is 4.79 Å². The third-order valence-electron chi connectivity index (χ3n) is 3.40. The van der Waals surface area contributed by atoms with Crippen molar-refractivity contribution in [3.63, 3.8) is 0 Å². The molecule has 2 aliphatic rings. The van der Waals surface area contributed by atoms with E-state index in [1.165, 1.54) is 0 Å². The van der Waals surface area contributed by atoms with Crippen molar-refractivity contribution in [2.45, 2.75) is 45.3 Å². The summed E-state index contributed by atoms with van der Waals surface area (Å²) in [7, 11) is 0. The Hall–Kier alpha value is -0.770. The van der Waals surface area contributed by atoms with Crippen LogP contribution in [0.2, 0.25) is 0 Å². The lowest BCUT2D eigenvalue weighted by atomic mass is 10.1. The highest BCUT2D eigenvalue weighted by Gasteiger charge is 2.68. The van der Waals surface area contributed by atoms with E-state index in [1.54, 1.807) is 0 Å². The van der Waals surface area contributed by atoms with Crippen molar-refractivity contribution < 1.29 is 9.53 Å². The summed E-state index contributed by atoms with van der Waals surface area (Å²) >= 11 is 0. The van der Waals surface area contributed by atoms with Gasteiger partial charge in [0.25, 0.3) is 0 Å². The van der Waals surface area contributed by atoms with Crippen LogP contribution in [0.5, 0.6) is 0 Å². The van der Waals surface area contributed by atoms with Gasteiger partial charge in [-0.15, -0.1) is 0 Å². The van der Waals surface area contributed by atoms with Crippen molar-refractivity contribution >= 4 is 6.09 Å². The first-order valence-electron chi connectivity index (χ1n) is 5.48. The maximum Gasteiger partial charge on any atom is 0.408 e. The molecule has 2 rings (SSSR count). The van der Waals surface area contributed by atoms with Gasteiger partial charge in [0.2, 0.25) is 0 Å². The summed E-state index contributed by atoms with van der Waals surface area (Å²) in [6, 6.07) is 0. The molecule has 1 saturated heterocycles. The number of piperidine rings is 1. The van der Waals surface area contributed by atoms with Crippen LogP contribution in [0.1, 0.15) is 34.1 Å². The van der Waals surface area contributed by atoms with Gasteiger partial charge in [-0.05, 0) is 27.2 Å². The highest BCUT2D eigenvalue weighted by atomic mass is 16.6. The molecule has 0 aromatic rings. The molecule has 15 heavy (non-hydrogen) atoms. The van der Waals surface area contributed by atoms with Crippen LogP contribution in [0, 0.1) is 5.41 Å². The standard InChI is InChI=1S/C11H20N2O2/c1-9(2,3)15-8(14)13-11-5-10(11,4)6-12-7-11/h12H,5-7H2,1-4H3,(H,13,14). The molecule has 2 N–H and O–H groups in total. The van der Waals surface area contributed by atoms with Crippen molar-refractivity contribution in [2.75, 3.05) is 13.1 Å². The molecule has 2 unspecified atom stereocenters. The van der Waals surface area contributed by atoms with E-state index >= 15 is 0 Å². The topological polar surface area (TPSA) is 50.4 Å². The molecule has 86 valence electrons. The summed E-state index contributed by atoms with van der Waals surface area (Å²) in [5.41, 5.74) is -0.225. The molecular weight excluding hydrogens is 192 g/mol. The Balaban J connectivity index is 1.91. The zero-order valence-electron chi connectivity index (χ0n) is 9.94. The Morgan fingerprint density at radius 2 is 2.07 bits per heavy atom. The van der Waals surface area contributed by atoms with Crippen molar-refractivity contribution in [3.05, 3.63) is 0 Å². The van der Waals surface area contributed by atoms with E-state index in [4.69, 9.17) is 4.74 Å². The van der Waals surface area contributed by atoms with Crippen LogP contribution >= 0.6 is 0 Å². The van der Waals surface area contributed by atoms with Crippen LogP contribution < -0.4 is 10.6 Å². The summed E-state index contributed by atoms with van der Waals surface area (Å²) in [6.45, 7) is 9.69. The predicted molar refractivity (Wildman–Crippen MR) is 57.7 cm³/mol. The van der Waals surface area contributed by atoms with E-state index in [0.717, 1.165) is 19.5 Å². The number of nitrogens with one attached hydrogen (secondary N) is 2. The Morgan fingerprint density at radius 1 is 1.40 bits per heavy atom. The molecular formula is C11H20N2O2. The number of ether oxygens (including phenoxy) is 1. The lowest BCUT2D eigenvalue weighted by Gasteiger charge is -2.23. The van der Waals surface area contributed by atoms with Crippen molar-refractivity contribution in [3.8, 4) is 0 Å². The second kappa shape index (κ2) is 2.88. The van der Waals surface area contributed by atoms with Crippen LogP contribution in [-0.4, -0.2) is 30.3 Å². The zero-order valence-corrected chi connectivity index (χ0v) is 9.94. The minimum Gasteiger partial charge on any atom is -0.444 e. The quantitative estimate of drug-likeness (QED) is 0.688. The van der Waals surface area contributed by atoms with Gasteiger partial charge in [-0.3, -0.25) is 0 Å². The number of alkyl carbamates (subject to hydrolysis) is 1. The first-order valence-corrected chi connectivity index (χ1v) is 5.48. The SMILES string of the molecule is CC(C)(C)OC(=O)NC12CNCC1(C)C2. The summed E-state index contributed by atoms with van der Waals surface area (Å²) in [5, 5.41) is 6.30. The minimum atomic E-state index is -0.419. The molecule has 1 aliphatic carbocycles. The van der Waals surface area contributed by atoms with E-state index in [2.05, 4.69) is 17.6 Å². The lowest BCUT2D eigenvalue weighted by Crippen LogP contribution is -2.44. The van der Waals surface area contributed by atoms with Crippen molar-refractivity contribution in [1.29, 1.82) is 0 Å². The monoisotopic (exact) mass is 212 g/mol. The predicted octanol–water partition coefficient (Wildman–Crippen LogP) is 1.26. The molecule has 1 aliphatic heterocycles. The van der Waals surface area contributed by atoms with E-state index in [1.807, 2.05) is 20.8 Å². The van der Waals surface area contributed by atoms with E-state index in [0.29, 0.717) is 0 Å². The van der Waals surface area contributed by atoms with Gasteiger partial charge in [0.15, 0.2) is 0 Å². The number of hydrogen-bond donors (Lipinski definition) is 2. The Morgan fingerprint density at radius 3 is 2.47 bits per heavy atom. The number of rotatable bonds is 1. The second-order valence-corrected chi connectivity index (χ2v) is 6.05. The van der Waals surface area contributed by atoms with E-state index in [-0.39, 0.29) is 17.0 Å². The maximum absolute atomic E-state index is 11.6. The van der Waals surface area contributed by atoms with Crippen LogP contribution in [-0.2, 0) is 4.74 Å². The highest BCUT2D eigenvalue weighted by molar-refractivity contribution is 5.70. The van der Waals surface area contributed by atoms with Gasteiger partial charge < -0.3 is 15.4 Å². The smallest absolute Gasteiger partial charge is 0.408 e. The minimum absolute atomic E-state index is 0.0463. The molecule has 0 spiro atoms. The summed E-state index contributed by atoms with van der Waals surface area (Å²) in [6.07, 6.45) is 0.765. The Labute approximate surface area is 90.8 Å². The number of carbonyl (C=O) groups excluding carboxylic acids is 1. The van der Waals surface area contributed by atoms with Crippen LogP contribution in [0.4, 0.5) is 4.79 Å². The fraction of sp³-hybridized carbons (Fsp3) is 0.909. The van der Waals surface area contributed by atoms with Gasteiger partial charge in [-0.25, -0.2) is 4.79 Å². The van der Waals surface area contributed by atoms with Crippen molar-refractivity contribution in [1.82, 2.24) is 10.6 Å². The molecule has 2 fully saturated rings. The molecule has 0 aromatic heterocycles. The average molecular weight is 212 g/mol. The number of amides is 1. The van der Waals surface area contributed by atoms with Gasteiger partial charge in [-0.1, -0.05) is 6.92 Å². The Kier molecular flexibility index (Phi) is 2.06. The second-order valence-electron chi connectivity index (χ2n) is 6.05. The van der Waals surface area contributed by atoms with Crippen LogP contribution in [0.25, 0.3) is 0 Å². The molecule has 2 atom stereocenters. The lowest BCUT2D eigenvalue weighted by molar-refractivity contribution is 0.0492. The summed E-state index contributed by atoms with van der Waals surface area (Å²) < 4.78 is 5.26. The molecule has 1 heterocycles. The zero-order chi connectivity index (χ0) is 11.3. The number of fused-ring (bicyclic) bond motifs is 1. The maximum atomic E-state index is 11.6. The normalized spacial score (nSPS) is 38.4. The number of hydrogen-bond acceptors (Lipinski definition) is 3. The molecule has 4 heteroatoms. The van der Waals surface area contributed by atoms with Crippen LogP contribution in [0.15, 0.2) is 0 Å². The Bertz CT molecular complexity index is 293. The summed E-state index contributed by atoms with van der Waals surface area (Å²) in [4.78, 5) is 11.6. The first kappa shape index (κ1) is 10.7. The molecule has 0 bridgehead atoms. The molecule has 1 saturated carbocycles. The molecule has 4 nitrogen and oxygen atoms in total. The number of carbonyl (C=O) groups is 1. The molecule has 0 radical (unpaired) electrons. The largest absolute Gasteiger partial charge is 0.444 e. The van der Waals surface area contributed by atoms with Gasteiger partial charge in [0.05, 0.1) is 5.54 Å². The fourth-order valence-corrected chi connectivity index (χ4v) is 2.42. The molecule has 1 amide bonds.